The van der Waals surface area contributed by atoms with Crippen molar-refractivity contribution in [2.24, 2.45) is 0 Å². The Hall–Kier alpha value is 0.560. The van der Waals surface area contributed by atoms with Gasteiger partial charge in [0, 0.05) is 31.3 Å². The van der Waals surface area contributed by atoms with Crippen LogP contribution in [0, 0.1) is 0 Å². The second-order valence-electron chi connectivity index (χ2n) is 2.78. The first-order valence-corrected chi connectivity index (χ1v) is 6.40. The van der Waals surface area contributed by atoms with Crippen LogP contribution in [-0.2, 0) is 4.74 Å². The molecule has 0 saturated carbocycles. The van der Waals surface area contributed by atoms with Crippen molar-refractivity contribution in [2.45, 2.75) is 19.4 Å². The van der Waals surface area contributed by atoms with E-state index in [1.165, 1.54) is 11.5 Å². The van der Waals surface area contributed by atoms with Crippen LogP contribution in [0.25, 0.3) is 0 Å². The largest absolute Gasteiger partial charge is 0.383 e. The van der Waals surface area contributed by atoms with Crippen LogP contribution in [-0.4, -0.2) is 43.7 Å². The van der Waals surface area contributed by atoms with Crippen molar-refractivity contribution < 1.29 is 4.74 Å². The topological polar surface area (TPSA) is 21.3 Å². The fourth-order valence-electron chi connectivity index (χ4n) is 1.06. The Labute approximate surface area is 90.7 Å². The molecule has 0 aromatic heterocycles. The smallest absolute Gasteiger partial charge is 0.0616 e. The summed E-state index contributed by atoms with van der Waals surface area (Å²) in [6.07, 6.45) is 0.978. The standard InChI is InChI=1S/C9H20ClNOS/c1-3-13-7-6-11-9(4-5-10)8-12-2/h9,11H,3-8H2,1-2H3. The first-order chi connectivity index (χ1) is 6.35. The zero-order chi connectivity index (χ0) is 9.94. The third-order valence-corrected chi connectivity index (χ3v) is 2.83. The van der Waals surface area contributed by atoms with Crippen molar-refractivity contribution in [3.63, 3.8) is 0 Å². The number of methoxy groups -OCH3 is 1. The number of nitrogens with one attached hydrogen (secondary N) is 1. The number of hydrogen-bond donors (Lipinski definition) is 1. The summed E-state index contributed by atoms with van der Waals surface area (Å²) in [4.78, 5) is 0. The monoisotopic (exact) mass is 225 g/mol. The van der Waals surface area contributed by atoms with Crippen LogP contribution in [0.1, 0.15) is 13.3 Å². The predicted molar refractivity (Wildman–Crippen MR) is 62.0 cm³/mol. The Balaban J connectivity index is 3.33. The Morgan fingerprint density at radius 1 is 1.54 bits per heavy atom. The van der Waals surface area contributed by atoms with E-state index in [1.807, 2.05) is 11.8 Å². The summed E-state index contributed by atoms with van der Waals surface area (Å²) in [5.41, 5.74) is 0. The minimum atomic E-state index is 0.417. The summed E-state index contributed by atoms with van der Waals surface area (Å²) in [6, 6.07) is 0.417. The van der Waals surface area contributed by atoms with Crippen LogP contribution in [0.4, 0.5) is 0 Å². The molecule has 0 heterocycles. The van der Waals surface area contributed by atoms with Crippen LogP contribution >= 0.6 is 23.4 Å². The molecule has 0 aromatic rings. The summed E-state index contributed by atoms with van der Waals surface area (Å²) >= 11 is 7.62. The maximum Gasteiger partial charge on any atom is 0.0616 e. The van der Waals surface area contributed by atoms with Gasteiger partial charge in [-0.1, -0.05) is 6.92 Å². The Kier molecular flexibility index (Phi) is 11.1. The molecule has 0 radical (unpaired) electrons. The highest BCUT2D eigenvalue weighted by Crippen LogP contribution is 1.98. The summed E-state index contributed by atoms with van der Waals surface area (Å²) < 4.78 is 5.09. The van der Waals surface area contributed by atoms with Gasteiger partial charge in [0.25, 0.3) is 0 Å². The average Bonchev–Trinajstić information content (AvgIpc) is 2.13. The molecule has 80 valence electrons. The van der Waals surface area contributed by atoms with E-state index in [1.54, 1.807) is 7.11 Å². The molecule has 0 aliphatic rings. The number of thioether (sulfide) groups is 1. The summed E-state index contributed by atoms with van der Waals surface area (Å²) in [5, 5.41) is 3.43. The lowest BCUT2D eigenvalue weighted by Crippen LogP contribution is -2.35. The highest BCUT2D eigenvalue weighted by Gasteiger charge is 2.05. The van der Waals surface area contributed by atoms with E-state index in [0.717, 1.165) is 19.6 Å². The lowest BCUT2D eigenvalue weighted by atomic mass is 10.2. The lowest BCUT2D eigenvalue weighted by Gasteiger charge is -2.16. The van der Waals surface area contributed by atoms with Crippen LogP contribution in [0.5, 0.6) is 0 Å². The minimum absolute atomic E-state index is 0.417. The molecule has 1 unspecified atom stereocenters. The molecule has 0 saturated heterocycles. The van der Waals surface area contributed by atoms with Gasteiger partial charge in [0.2, 0.25) is 0 Å². The summed E-state index contributed by atoms with van der Waals surface area (Å²) in [6.45, 7) is 3.98. The maximum absolute atomic E-state index is 5.67. The zero-order valence-corrected chi connectivity index (χ0v) is 10.1. The summed E-state index contributed by atoms with van der Waals surface area (Å²) in [7, 11) is 1.73. The van der Waals surface area contributed by atoms with Gasteiger partial charge in [-0.2, -0.15) is 11.8 Å². The molecule has 13 heavy (non-hydrogen) atoms. The van der Waals surface area contributed by atoms with Gasteiger partial charge in [-0.05, 0) is 12.2 Å². The highest BCUT2D eigenvalue weighted by atomic mass is 35.5. The number of ether oxygens (including phenoxy) is 1. The van der Waals surface area contributed by atoms with Gasteiger partial charge < -0.3 is 10.1 Å². The zero-order valence-electron chi connectivity index (χ0n) is 8.51. The fourth-order valence-corrected chi connectivity index (χ4v) is 1.87. The molecule has 2 nitrogen and oxygen atoms in total. The molecule has 0 aliphatic heterocycles. The van der Waals surface area contributed by atoms with Crippen molar-refractivity contribution >= 4 is 23.4 Å². The number of halogens is 1. The van der Waals surface area contributed by atoms with E-state index < -0.39 is 0 Å². The molecule has 0 bridgehead atoms. The second kappa shape index (κ2) is 10.6. The van der Waals surface area contributed by atoms with Crippen LogP contribution < -0.4 is 5.32 Å². The van der Waals surface area contributed by atoms with E-state index in [2.05, 4.69) is 12.2 Å². The van der Waals surface area contributed by atoms with E-state index >= 15 is 0 Å². The Morgan fingerprint density at radius 3 is 2.85 bits per heavy atom. The molecule has 0 rings (SSSR count). The molecule has 1 N–H and O–H groups in total. The molecule has 0 spiro atoms. The van der Waals surface area contributed by atoms with E-state index in [-0.39, 0.29) is 0 Å². The van der Waals surface area contributed by atoms with Gasteiger partial charge in [0.15, 0.2) is 0 Å². The minimum Gasteiger partial charge on any atom is -0.383 e. The SMILES string of the molecule is CCSCCNC(CCCl)COC. The van der Waals surface area contributed by atoms with Gasteiger partial charge in [-0.25, -0.2) is 0 Å². The molecular weight excluding hydrogens is 206 g/mol. The molecule has 0 aliphatic carbocycles. The maximum atomic E-state index is 5.67. The Bertz CT molecular complexity index is 99.6. The van der Waals surface area contributed by atoms with Gasteiger partial charge in [0.1, 0.15) is 0 Å². The Morgan fingerprint density at radius 2 is 2.31 bits per heavy atom. The second-order valence-corrected chi connectivity index (χ2v) is 4.55. The molecular formula is C9H20ClNOS. The van der Waals surface area contributed by atoms with E-state index in [9.17, 15) is 0 Å². The van der Waals surface area contributed by atoms with Crippen LogP contribution in [0.2, 0.25) is 0 Å². The quantitative estimate of drug-likeness (QED) is 0.479. The van der Waals surface area contributed by atoms with Crippen LogP contribution in [0.15, 0.2) is 0 Å². The summed E-state index contributed by atoms with van der Waals surface area (Å²) in [5.74, 6) is 3.05. The first kappa shape index (κ1) is 13.6. The molecule has 4 heteroatoms. The fraction of sp³-hybridized carbons (Fsp3) is 1.00. The van der Waals surface area contributed by atoms with E-state index in [0.29, 0.717) is 11.9 Å². The highest BCUT2D eigenvalue weighted by molar-refractivity contribution is 7.99. The average molecular weight is 226 g/mol. The van der Waals surface area contributed by atoms with Gasteiger partial charge >= 0.3 is 0 Å². The van der Waals surface area contributed by atoms with Gasteiger partial charge in [0.05, 0.1) is 6.61 Å². The first-order valence-electron chi connectivity index (χ1n) is 4.71. The predicted octanol–water partition coefficient (Wildman–Crippen LogP) is 1.97. The number of alkyl halides is 1. The van der Waals surface area contributed by atoms with Crippen molar-refractivity contribution in [3.05, 3.63) is 0 Å². The lowest BCUT2D eigenvalue weighted by molar-refractivity contribution is 0.166. The molecule has 1 atom stereocenters. The van der Waals surface area contributed by atoms with Crippen LogP contribution in [0.3, 0.4) is 0 Å². The number of hydrogen-bond acceptors (Lipinski definition) is 3. The molecule has 0 fully saturated rings. The molecule has 0 amide bonds. The normalized spacial score (nSPS) is 13.2. The van der Waals surface area contributed by atoms with Crippen molar-refractivity contribution in [3.8, 4) is 0 Å². The van der Waals surface area contributed by atoms with Gasteiger partial charge in [-0.3, -0.25) is 0 Å². The number of rotatable bonds is 9. The van der Waals surface area contributed by atoms with Crippen molar-refractivity contribution in [2.75, 3.05) is 37.6 Å². The van der Waals surface area contributed by atoms with Crippen molar-refractivity contribution in [1.82, 2.24) is 5.32 Å². The third-order valence-electron chi connectivity index (χ3n) is 1.71. The van der Waals surface area contributed by atoms with Crippen molar-refractivity contribution in [1.29, 1.82) is 0 Å². The van der Waals surface area contributed by atoms with Gasteiger partial charge in [-0.15, -0.1) is 11.6 Å². The van der Waals surface area contributed by atoms with E-state index in [4.69, 9.17) is 16.3 Å². The third kappa shape index (κ3) is 8.88. The molecule has 0 aromatic carbocycles.